The second kappa shape index (κ2) is 5.73. The Morgan fingerprint density at radius 2 is 2.33 bits per heavy atom. The quantitative estimate of drug-likeness (QED) is 0.656. The normalized spacial score (nSPS) is 10.8. The van der Waals surface area contributed by atoms with Gasteiger partial charge >= 0.3 is 5.97 Å². The second-order valence-corrected chi connectivity index (χ2v) is 3.53. The molecule has 0 unspecified atom stereocenters. The third kappa shape index (κ3) is 3.53. The highest BCUT2D eigenvalue weighted by Gasteiger charge is 2.09. The Labute approximate surface area is 97.3 Å². The minimum atomic E-state index is -1.08. The summed E-state index contributed by atoms with van der Waals surface area (Å²) < 4.78 is 0. The van der Waals surface area contributed by atoms with Gasteiger partial charge in [-0.1, -0.05) is 23.8 Å². The van der Waals surface area contributed by atoms with E-state index in [-0.39, 0.29) is 10.7 Å². The number of rotatable bonds is 4. The van der Waals surface area contributed by atoms with Crippen molar-refractivity contribution < 1.29 is 9.90 Å². The van der Waals surface area contributed by atoms with Gasteiger partial charge in [-0.3, -0.25) is 0 Å². The van der Waals surface area contributed by atoms with Crippen molar-refractivity contribution in [2.45, 2.75) is 6.42 Å². The summed E-state index contributed by atoms with van der Waals surface area (Å²) in [5.74, 6) is -0.552. The lowest BCUT2D eigenvalue weighted by Crippen LogP contribution is -1.99. The minimum Gasteiger partial charge on any atom is -0.478 e. The molecular formula is C10H9Cl2NO2. The number of aromatic nitrogens is 1. The van der Waals surface area contributed by atoms with Crippen molar-refractivity contribution in [3.8, 4) is 0 Å². The Morgan fingerprint density at radius 3 is 2.93 bits per heavy atom. The maximum atomic E-state index is 10.7. The SMILES string of the molecule is O=C(O)c1cc(C=CCCCl)cnc1Cl. The zero-order valence-corrected chi connectivity index (χ0v) is 9.29. The number of carboxylic acids is 1. The van der Waals surface area contributed by atoms with Crippen LogP contribution in [-0.4, -0.2) is 21.9 Å². The highest BCUT2D eigenvalue weighted by molar-refractivity contribution is 6.32. The summed E-state index contributed by atoms with van der Waals surface area (Å²) in [5, 5.41) is 8.79. The van der Waals surface area contributed by atoms with Crippen LogP contribution >= 0.6 is 23.2 Å². The number of alkyl halides is 1. The topological polar surface area (TPSA) is 50.2 Å². The summed E-state index contributed by atoms with van der Waals surface area (Å²) in [6, 6.07) is 1.47. The van der Waals surface area contributed by atoms with E-state index in [4.69, 9.17) is 28.3 Å². The average molecular weight is 246 g/mol. The molecule has 1 aromatic heterocycles. The predicted octanol–water partition coefficient (Wildman–Crippen LogP) is 3.08. The van der Waals surface area contributed by atoms with Gasteiger partial charge < -0.3 is 5.11 Å². The molecule has 0 atom stereocenters. The summed E-state index contributed by atoms with van der Waals surface area (Å²) in [6.07, 6.45) is 5.85. The maximum Gasteiger partial charge on any atom is 0.338 e. The number of hydrogen-bond acceptors (Lipinski definition) is 2. The molecule has 0 fully saturated rings. The molecule has 0 aliphatic rings. The van der Waals surface area contributed by atoms with Crippen LogP contribution in [0, 0.1) is 0 Å². The predicted molar refractivity (Wildman–Crippen MR) is 60.6 cm³/mol. The molecule has 0 saturated heterocycles. The number of aromatic carboxylic acids is 1. The molecule has 1 heterocycles. The second-order valence-electron chi connectivity index (χ2n) is 2.79. The number of carboxylic acid groups (broad SMARTS) is 1. The first-order valence-corrected chi connectivity index (χ1v) is 5.17. The van der Waals surface area contributed by atoms with Gasteiger partial charge in [-0.2, -0.15) is 0 Å². The van der Waals surface area contributed by atoms with Crippen LogP contribution in [0.4, 0.5) is 0 Å². The summed E-state index contributed by atoms with van der Waals surface area (Å²) >= 11 is 11.1. The van der Waals surface area contributed by atoms with Crippen LogP contribution in [-0.2, 0) is 0 Å². The molecule has 0 aliphatic heterocycles. The Morgan fingerprint density at radius 1 is 1.60 bits per heavy atom. The fourth-order valence-corrected chi connectivity index (χ4v) is 1.30. The van der Waals surface area contributed by atoms with Gasteiger partial charge in [0, 0.05) is 12.1 Å². The van der Waals surface area contributed by atoms with Gasteiger partial charge in [-0.15, -0.1) is 11.6 Å². The summed E-state index contributed by atoms with van der Waals surface area (Å²) in [6.45, 7) is 0. The monoisotopic (exact) mass is 245 g/mol. The van der Waals surface area contributed by atoms with Crippen LogP contribution in [0.5, 0.6) is 0 Å². The lowest BCUT2D eigenvalue weighted by Gasteiger charge is -1.99. The smallest absolute Gasteiger partial charge is 0.338 e. The number of carbonyl (C=O) groups is 1. The van der Waals surface area contributed by atoms with Crippen molar-refractivity contribution in [2.24, 2.45) is 0 Å². The van der Waals surface area contributed by atoms with Crippen molar-refractivity contribution in [1.82, 2.24) is 4.98 Å². The van der Waals surface area contributed by atoms with Crippen molar-refractivity contribution in [1.29, 1.82) is 0 Å². The lowest BCUT2D eigenvalue weighted by atomic mass is 10.2. The first-order chi connectivity index (χ1) is 7.15. The van der Waals surface area contributed by atoms with Gasteiger partial charge in [-0.05, 0) is 18.1 Å². The number of hydrogen-bond donors (Lipinski definition) is 1. The van der Waals surface area contributed by atoms with E-state index in [1.807, 2.05) is 6.08 Å². The zero-order valence-electron chi connectivity index (χ0n) is 7.78. The summed E-state index contributed by atoms with van der Waals surface area (Å²) in [7, 11) is 0. The van der Waals surface area contributed by atoms with Gasteiger partial charge in [0.1, 0.15) is 5.15 Å². The molecule has 1 N–H and O–H groups in total. The fraction of sp³-hybridized carbons (Fsp3) is 0.200. The lowest BCUT2D eigenvalue weighted by molar-refractivity contribution is 0.0696. The van der Waals surface area contributed by atoms with Gasteiger partial charge in [0.15, 0.2) is 0 Å². The van der Waals surface area contributed by atoms with E-state index in [1.54, 1.807) is 6.08 Å². The zero-order chi connectivity index (χ0) is 11.3. The van der Waals surface area contributed by atoms with E-state index < -0.39 is 5.97 Å². The molecule has 15 heavy (non-hydrogen) atoms. The van der Waals surface area contributed by atoms with Crippen molar-refractivity contribution in [2.75, 3.05) is 5.88 Å². The standard InChI is InChI=1S/C10H9Cl2NO2/c11-4-2-1-3-7-5-8(10(14)15)9(12)13-6-7/h1,3,5-6H,2,4H2,(H,14,15). The fourth-order valence-electron chi connectivity index (χ4n) is 0.988. The molecule has 0 aromatic carbocycles. The molecule has 0 amide bonds. The van der Waals surface area contributed by atoms with Crippen molar-refractivity contribution in [3.05, 3.63) is 34.6 Å². The number of nitrogens with zero attached hydrogens (tertiary/aromatic N) is 1. The van der Waals surface area contributed by atoms with Crippen molar-refractivity contribution >= 4 is 35.2 Å². The van der Waals surface area contributed by atoms with Crippen LogP contribution in [0.3, 0.4) is 0 Å². The van der Waals surface area contributed by atoms with Gasteiger partial charge in [-0.25, -0.2) is 9.78 Å². The molecule has 80 valence electrons. The molecule has 0 radical (unpaired) electrons. The van der Waals surface area contributed by atoms with Crippen LogP contribution in [0.15, 0.2) is 18.3 Å². The highest BCUT2D eigenvalue weighted by Crippen LogP contribution is 2.15. The van der Waals surface area contributed by atoms with Gasteiger partial charge in [0.05, 0.1) is 5.56 Å². The Kier molecular flexibility index (Phi) is 4.59. The highest BCUT2D eigenvalue weighted by atomic mass is 35.5. The first kappa shape index (κ1) is 12.0. The number of halogens is 2. The van der Waals surface area contributed by atoms with Gasteiger partial charge in [0.2, 0.25) is 0 Å². The number of allylic oxidation sites excluding steroid dienone is 1. The third-order valence-electron chi connectivity index (χ3n) is 1.68. The van der Waals surface area contributed by atoms with E-state index in [9.17, 15) is 4.79 Å². The minimum absolute atomic E-state index is 0.00278. The Bertz CT molecular complexity index is 391. The molecule has 3 nitrogen and oxygen atoms in total. The first-order valence-electron chi connectivity index (χ1n) is 4.26. The van der Waals surface area contributed by atoms with E-state index in [1.165, 1.54) is 12.3 Å². The van der Waals surface area contributed by atoms with Crippen molar-refractivity contribution in [3.63, 3.8) is 0 Å². The average Bonchev–Trinajstić information content (AvgIpc) is 2.20. The van der Waals surface area contributed by atoms with Crippen LogP contribution in [0.1, 0.15) is 22.3 Å². The molecular weight excluding hydrogens is 237 g/mol. The molecule has 0 saturated carbocycles. The summed E-state index contributed by atoms with van der Waals surface area (Å²) in [5.41, 5.74) is 0.701. The third-order valence-corrected chi connectivity index (χ3v) is 2.20. The van der Waals surface area contributed by atoms with Crippen LogP contribution in [0.2, 0.25) is 5.15 Å². The molecule has 0 bridgehead atoms. The molecule has 1 aromatic rings. The van der Waals surface area contributed by atoms with E-state index in [0.29, 0.717) is 11.4 Å². The molecule has 5 heteroatoms. The van der Waals surface area contributed by atoms with E-state index >= 15 is 0 Å². The molecule has 0 spiro atoms. The molecule has 0 aliphatic carbocycles. The van der Waals surface area contributed by atoms with E-state index in [0.717, 1.165) is 6.42 Å². The van der Waals surface area contributed by atoms with E-state index in [2.05, 4.69) is 4.98 Å². The molecule has 1 rings (SSSR count). The maximum absolute atomic E-state index is 10.7. The largest absolute Gasteiger partial charge is 0.478 e. The van der Waals surface area contributed by atoms with Crippen LogP contribution < -0.4 is 0 Å². The van der Waals surface area contributed by atoms with Gasteiger partial charge in [0.25, 0.3) is 0 Å². The Hall–Kier alpha value is -1.06. The Balaban J connectivity index is 2.92. The number of pyridine rings is 1. The summed E-state index contributed by atoms with van der Waals surface area (Å²) in [4.78, 5) is 14.5. The van der Waals surface area contributed by atoms with Crippen LogP contribution in [0.25, 0.3) is 6.08 Å².